The third-order valence-electron chi connectivity index (χ3n) is 2.46. The van der Waals surface area contributed by atoms with Crippen molar-refractivity contribution in [1.82, 2.24) is 4.72 Å². The van der Waals surface area contributed by atoms with E-state index in [0.717, 1.165) is 13.1 Å². The molecule has 0 fully saturated rings. The van der Waals surface area contributed by atoms with Crippen LogP contribution in [-0.2, 0) is 14.9 Å². The van der Waals surface area contributed by atoms with E-state index in [-0.39, 0.29) is 23.5 Å². The van der Waals surface area contributed by atoms with Gasteiger partial charge < -0.3 is 15.6 Å². The number of anilines is 2. The van der Waals surface area contributed by atoms with Gasteiger partial charge in [0.2, 0.25) is 0 Å². The van der Waals surface area contributed by atoms with E-state index in [4.69, 9.17) is 10.8 Å². The Labute approximate surface area is 121 Å². The van der Waals surface area contributed by atoms with Crippen LogP contribution >= 0.6 is 0 Å². The molecule has 0 aromatic heterocycles. The van der Waals surface area contributed by atoms with Crippen molar-refractivity contribution in [3.8, 4) is 0 Å². The lowest BCUT2D eigenvalue weighted by molar-refractivity contribution is 0.0697. The van der Waals surface area contributed by atoms with E-state index in [9.17, 15) is 18.0 Å². The molecule has 0 saturated heterocycles. The molecule has 0 aliphatic heterocycles. The number of aromatic carboxylic acids is 1. The molecule has 116 valence electrons. The van der Waals surface area contributed by atoms with Gasteiger partial charge in [0.25, 0.3) is 0 Å². The number of rotatable bonds is 5. The number of hydrogen-bond donors (Lipinski definition) is 3. The molecule has 1 aromatic carbocycles. The first-order valence-corrected chi connectivity index (χ1v) is 7.19. The van der Waals surface area contributed by atoms with E-state index in [1.165, 1.54) is 19.1 Å². The van der Waals surface area contributed by atoms with Crippen LogP contribution in [0.15, 0.2) is 18.2 Å². The summed E-state index contributed by atoms with van der Waals surface area (Å²) in [5.41, 5.74) is 5.51. The van der Waals surface area contributed by atoms with Gasteiger partial charge in [-0.1, -0.05) is 0 Å². The zero-order valence-corrected chi connectivity index (χ0v) is 12.2. The maximum absolute atomic E-state index is 11.9. The minimum Gasteiger partial charge on any atom is -0.478 e. The highest BCUT2D eigenvalue weighted by Gasteiger charge is 2.23. The average Bonchev–Trinajstić information content (AvgIpc) is 2.37. The molecule has 0 heterocycles. The van der Waals surface area contributed by atoms with E-state index in [0.29, 0.717) is 4.31 Å². The van der Waals surface area contributed by atoms with E-state index < -0.39 is 22.3 Å². The molecular weight excluding hydrogens is 302 g/mol. The molecule has 0 aliphatic carbocycles. The first kappa shape index (κ1) is 16.6. The standard InChI is InChI=1S/C11H15N3O6S/c1-3-20-11(17)13-21(18,19)14(2)9-5-4-7(10(15)16)6-8(9)12/h4-6H,3,12H2,1-2H3,(H,13,17)(H,15,16). The van der Waals surface area contributed by atoms with E-state index in [2.05, 4.69) is 4.74 Å². The summed E-state index contributed by atoms with van der Waals surface area (Å²) in [6.45, 7) is 1.54. The van der Waals surface area contributed by atoms with Crippen molar-refractivity contribution in [3.63, 3.8) is 0 Å². The molecule has 1 rings (SSSR count). The fourth-order valence-corrected chi connectivity index (χ4v) is 2.27. The molecule has 9 nitrogen and oxygen atoms in total. The monoisotopic (exact) mass is 317 g/mol. The van der Waals surface area contributed by atoms with Gasteiger partial charge in [0.15, 0.2) is 0 Å². The van der Waals surface area contributed by atoms with Gasteiger partial charge in [-0.25, -0.2) is 14.3 Å². The van der Waals surface area contributed by atoms with E-state index >= 15 is 0 Å². The van der Waals surface area contributed by atoms with Crippen LogP contribution in [-0.4, -0.2) is 39.2 Å². The number of nitrogens with two attached hydrogens (primary N) is 1. The second-order valence-electron chi connectivity index (χ2n) is 3.87. The van der Waals surface area contributed by atoms with Gasteiger partial charge in [0.1, 0.15) is 0 Å². The third kappa shape index (κ3) is 3.99. The summed E-state index contributed by atoms with van der Waals surface area (Å²) in [5, 5.41) is 8.82. The Morgan fingerprint density at radius 3 is 2.52 bits per heavy atom. The Morgan fingerprint density at radius 1 is 1.43 bits per heavy atom. The van der Waals surface area contributed by atoms with Crippen molar-refractivity contribution in [2.75, 3.05) is 23.7 Å². The van der Waals surface area contributed by atoms with Crippen LogP contribution in [0.1, 0.15) is 17.3 Å². The fraction of sp³-hybridized carbons (Fsp3) is 0.273. The average molecular weight is 317 g/mol. The lowest BCUT2D eigenvalue weighted by Crippen LogP contribution is -2.42. The number of ether oxygens (including phenoxy) is 1. The quantitative estimate of drug-likeness (QED) is 0.667. The first-order valence-electron chi connectivity index (χ1n) is 5.75. The normalized spacial score (nSPS) is 10.8. The summed E-state index contributed by atoms with van der Waals surface area (Å²) < 4.78 is 30.7. The van der Waals surface area contributed by atoms with Gasteiger partial charge in [-0.3, -0.25) is 4.31 Å². The molecule has 21 heavy (non-hydrogen) atoms. The Kier molecular flexibility index (Phi) is 4.97. The van der Waals surface area contributed by atoms with Gasteiger partial charge in [-0.05, 0) is 25.1 Å². The van der Waals surface area contributed by atoms with Crippen LogP contribution in [0.25, 0.3) is 0 Å². The SMILES string of the molecule is CCOC(=O)NS(=O)(=O)N(C)c1ccc(C(=O)O)cc1N. The Hall–Kier alpha value is -2.49. The molecule has 0 bridgehead atoms. The summed E-state index contributed by atoms with van der Waals surface area (Å²) in [6, 6.07) is 3.54. The second kappa shape index (κ2) is 6.31. The Bertz CT molecular complexity index is 658. The van der Waals surface area contributed by atoms with Gasteiger partial charge in [-0.2, -0.15) is 8.42 Å². The largest absolute Gasteiger partial charge is 0.478 e. The van der Waals surface area contributed by atoms with Crippen LogP contribution in [0, 0.1) is 0 Å². The predicted molar refractivity (Wildman–Crippen MR) is 75.3 cm³/mol. The van der Waals surface area contributed by atoms with Gasteiger partial charge in [0.05, 0.1) is 23.5 Å². The molecule has 0 saturated carbocycles. The zero-order chi connectivity index (χ0) is 16.2. The molecule has 4 N–H and O–H groups in total. The number of carbonyl (C=O) groups is 2. The number of nitrogens with one attached hydrogen (secondary N) is 1. The van der Waals surface area contributed by atoms with Crippen molar-refractivity contribution in [3.05, 3.63) is 23.8 Å². The van der Waals surface area contributed by atoms with Crippen molar-refractivity contribution >= 4 is 33.6 Å². The molecule has 0 aliphatic rings. The number of carboxylic acid groups (broad SMARTS) is 1. The van der Waals surface area contributed by atoms with Crippen molar-refractivity contribution in [1.29, 1.82) is 0 Å². The summed E-state index contributed by atoms with van der Waals surface area (Å²) in [4.78, 5) is 22.0. The van der Waals surface area contributed by atoms with Gasteiger partial charge >= 0.3 is 22.3 Å². The summed E-state index contributed by atoms with van der Waals surface area (Å²) in [7, 11) is -3.05. The minimum atomic E-state index is -4.21. The van der Waals surface area contributed by atoms with Crippen LogP contribution in [0.4, 0.5) is 16.2 Å². The summed E-state index contributed by atoms with van der Waals surface area (Å²) in [5.74, 6) is -1.19. The van der Waals surface area contributed by atoms with Crippen molar-refractivity contribution in [2.45, 2.75) is 6.92 Å². The molecule has 0 unspecified atom stereocenters. The molecule has 1 amide bonds. The number of carboxylic acids is 1. The smallest absolute Gasteiger partial charge is 0.422 e. The number of benzene rings is 1. The second-order valence-corrected chi connectivity index (χ2v) is 5.58. The van der Waals surface area contributed by atoms with Crippen LogP contribution in [0.5, 0.6) is 0 Å². The Balaban J connectivity index is 3.05. The Morgan fingerprint density at radius 2 is 2.05 bits per heavy atom. The zero-order valence-electron chi connectivity index (χ0n) is 11.4. The number of amides is 1. The highest BCUT2D eigenvalue weighted by molar-refractivity contribution is 7.91. The van der Waals surface area contributed by atoms with Crippen molar-refractivity contribution in [2.24, 2.45) is 0 Å². The van der Waals surface area contributed by atoms with Crippen molar-refractivity contribution < 1.29 is 27.9 Å². The fourth-order valence-electron chi connectivity index (χ4n) is 1.44. The predicted octanol–water partition coefficient (Wildman–Crippen LogP) is 0.394. The molecule has 0 atom stereocenters. The van der Waals surface area contributed by atoms with Crippen LogP contribution in [0.3, 0.4) is 0 Å². The molecule has 0 radical (unpaired) electrons. The molecular formula is C11H15N3O6S. The number of nitrogens with zero attached hydrogens (tertiary/aromatic N) is 1. The van der Waals surface area contributed by atoms with Crippen LogP contribution < -0.4 is 14.8 Å². The first-order chi connectivity index (χ1) is 9.69. The number of carbonyl (C=O) groups excluding carboxylic acids is 1. The van der Waals surface area contributed by atoms with Crippen LogP contribution in [0.2, 0.25) is 0 Å². The summed E-state index contributed by atoms with van der Waals surface area (Å²) in [6.07, 6.45) is -1.12. The summed E-state index contributed by atoms with van der Waals surface area (Å²) >= 11 is 0. The minimum absolute atomic E-state index is 0.0144. The highest BCUT2D eigenvalue weighted by atomic mass is 32.2. The number of hydrogen-bond acceptors (Lipinski definition) is 6. The number of nitrogen functional groups attached to an aromatic ring is 1. The van der Waals surface area contributed by atoms with Gasteiger partial charge in [0, 0.05) is 7.05 Å². The molecule has 10 heteroatoms. The molecule has 0 spiro atoms. The molecule has 1 aromatic rings. The lowest BCUT2D eigenvalue weighted by Gasteiger charge is -2.21. The van der Waals surface area contributed by atoms with E-state index in [1.807, 2.05) is 0 Å². The highest BCUT2D eigenvalue weighted by Crippen LogP contribution is 2.25. The van der Waals surface area contributed by atoms with Gasteiger partial charge in [-0.15, -0.1) is 0 Å². The maximum atomic E-state index is 11.9. The lowest BCUT2D eigenvalue weighted by atomic mass is 10.2. The topological polar surface area (TPSA) is 139 Å². The van der Waals surface area contributed by atoms with E-state index in [1.54, 1.807) is 4.72 Å². The third-order valence-corrected chi connectivity index (χ3v) is 3.80. The maximum Gasteiger partial charge on any atom is 0.422 e.